The molecule has 0 aliphatic rings. The van der Waals surface area contributed by atoms with Crippen molar-refractivity contribution in [3.05, 3.63) is 22.8 Å². The first-order chi connectivity index (χ1) is 9.52. The lowest BCUT2D eigenvalue weighted by atomic mass is 10.1. The Kier molecular flexibility index (Phi) is 7.93. The van der Waals surface area contributed by atoms with Crippen LogP contribution in [0.15, 0.2) is 12.3 Å². The largest absolute Gasteiger partial charge is 0.477 e. The molecule has 1 rings (SSSR count). The number of nitrogens with one attached hydrogen (secondary N) is 1. The van der Waals surface area contributed by atoms with Crippen molar-refractivity contribution in [1.29, 1.82) is 0 Å². The number of halogens is 1. The summed E-state index contributed by atoms with van der Waals surface area (Å²) >= 11 is 6.17. The van der Waals surface area contributed by atoms with Crippen LogP contribution in [0.1, 0.15) is 46.1 Å². The molecule has 0 aliphatic heterocycles. The monoisotopic (exact) mass is 298 g/mol. The molecule has 114 valence electrons. The van der Waals surface area contributed by atoms with E-state index < -0.39 is 0 Å². The molecular weight excluding hydrogens is 272 g/mol. The fourth-order valence-electron chi connectivity index (χ4n) is 1.97. The average Bonchev–Trinajstić information content (AvgIpc) is 2.39. The standard InChI is InChI=1S/C16H27ClN2O/c1-5-6-13(4)11-20-16-7-14(15(17)10-19-16)9-18-8-12(2)3/h7,10,12-13,18H,5-6,8-9,11H2,1-4H3. The van der Waals surface area contributed by atoms with Crippen LogP contribution in [0.3, 0.4) is 0 Å². The van der Waals surface area contributed by atoms with E-state index in [1.165, 1.54) is 12.8 Å². The summed E-state index contributed by atoms with van der Waals surface area (Å²) in [5.41, 5.74) is 1.04. The minimum absolute atomic E-state index is 0.556. The summed E-state index contributed by atoms with van der Waals surface area (Å²) in [7, 11) is 0. The molecule has 0 aliphatic carbocycles. The van der Waals surface area contributed by atoms with E-state index in [9.17, 15) is 0 Å². The molecule has 20 heavy (non-hydrogen) atoms. The summed E-state index contributed by atoms with van der Waals surface area (Å²) in [4.78, 5) is 4.23. The van der Waals surface area contributed by atoms with Crippen molar-refractivity contribution in [3.63, 3.8) is 0 Å². The Morgan fingerprint density at radius 1 is 1.35 bits per heavy atom. The highest BCUT2D eigenvalue weighted by atomic mass is 35.5. The highest BCUT2D eigenvalue weighted by molar-refractivity contribution is 6.31. The normalized spacial score (nSPS) is 12.7. The SMILES string of the molecule is CCCC(C)COc1cc(CNCC(C)C)c(Cl)cn1. The number of ether oxygens (including phenoxy) is 1. The van der Waals surface area contributed by atoms with Crippen LogP contribution in [0.2, 0.25) is 5.02 Å². The third kappa shape index (κ3) is 6.58. The summed E-state index contributed by atoms with van der Waals surface area (Å²) in [6.45, 7) is 11.2. The van der Waals surface area contributed by atoms with Gasteiger partial charge in [-0.25, -0.2) is 4.98 Å². The van der Waals surface area contributed by atoms with Crippen molar-refractivity contribution in [2.45, 2.75) is 47.1 Å². The van der Waals surface area contributed by atoms with E-state index >= 15 is 0 Å². The third-order valence-electron chi connectivity index (χ3n) is 3.07. The Bertz CT molecular complexity index is 396. The van der Waals surface area contributed by atoms with E-state index in [0.717, 1.165) is 18.7 Å². The lowest BCUT2D eigenvalue weighted by Gasteiger charge is -2.13. The molecule has 3 nitrogen and oxygen atoms in total. The molecule has 0 bridgehead atoms. The Balaban J connectivity index is 2.52. The molecule has 0 saturated heterocycles. The van der Waals surface area contributed by atoms with Crippen LogP contribution in [-0.2, 0) is 6.54 Å². The van der Waals surface area contributed by atoms with Gasteiger partial charge in [0.2, 0.25) is 5.88 Å². The molecule has 1 aromatic heterocycles. The van der Waals surface area contributed by atoms with Gasteiger partial charge in [0.1, 0.15) is 0 Å². The van der Waals surface area contributed by atoms with Crippen LogP contribution in [0, 0.1) is 11.8 Å². The zero-order valence-electron chi connectivity index (χ0n) is 13.1. The van der Waals surface area contributed by atoms with Gasteiger partial charge in [-0.2, -0.15) is 0 Å². The van der Waals surface area contributed by atoms with Crippen molar-refractivity contribution in [2.75, 3.05) is 13.2 Å². The zero-order valence-corrected chi connectivity index (χ0v) is 13.8. The van der Waals surface area contributed by atoms with Gasteiger partial charge in [0.05, 0.1) is 11.6 Å². The Morgan fingerprint density at radius 2 is 2.10 bits per heavy atom. The van der Waals surface area contributed by atoms with E-state index in [4.69, 9.17) is 16.3 Å². The second kappa shape index (κ2) is 9.19. The Labute approximate surface area is 128 Å². The third-order valence-corrected chi connectivity index (χ3v) is 3.42. The van der Waals surface area contributed by atoms with Crippen molar-refractivity contribution in [1.82, 2.24) is 10.3 Å². The molecule has 0 saturated carbocycles. The molecule has 1 aromatic rings. The molecule has 0 aromatic carbocycles. The second-order valence-electron chi connectivity index (χ2n) is 5.84. The predicted octanol–water partition coefficient (Wildman–Crippen LogP) is 4.30. The van der Waals surface area contributed by atoms with Crippen LogP contribution in [0.25, 0.3) is 0 Å². The van der Waals surface area contributed by atoms with E-state index in [-0.39, 0.29) is 0 Å². The van der Waals surface area contributed by atoms with E-state index in [0.29, 0.717) is 29.3 Å². The van der Waals surface area contributed by atoms with E-state index in [2.05, 4.69) is 38.0 Å². The van der Waals surface area contributed by atoms with Crippen LogP contribution < -0.4 is 10.1 Å². The minimum Gasteiger partial charge on any atom is -0.477 e. The fraction of sp³-hybridized carbons (Fsp3) is 0.688. The summed E-state index contributed by atoms with van der Waals surface area (Å²) < 4.78 is 5.75. The van der Waals surface area contributed by atoms with Gasteiger partial charge in [0, 0.05) is 18.8 Å². The number of hydrogen-bond acceptors (Lipinski definition) is 3. The van der Waals surface area contributed by atoms with Gasteiger partial charge in [-0.05, 0) is 30.4 Å². The first-order valence-electron chi connectivity index (χ1n) is 7.50. The smallest absolute Gasteiger partial charge is 0.213 e. The van der Waals surface area contributed by atoms with E-state index in [1.54, 1.807) is 6.20 Å². The maximum absolute atomic E-state index is 6.17. The quantitative estimate of drug-likeness (QED) is 0.738. The number of hydrogen-bond donors (Lipinski definition) is 1. The number of rotatable bonds is 9. The molecule has 4 heteroatoms. The molecule has 1 N–H and O–H groups in total. The predicted molar refractivity (Wildman–Crippen MR) is 85.4 cm³/mol. The molecular formula is C16H27ClN2O. The number of nitrogens with zero attached hydrogens (tertiary/aromatic N) is 1. The molecule has 0 spiro atoms. The number of pyridine rings is 1. The first kappa shape index (κ1) is 17.3. The van der Waals surface area contributed by atoms with Gasteiger partial charge in [-0.1, -0.05) is 45.7 Å². The first-order valence-corrected chi connectivity index (χ1v) is 7.88. The van der Waals surface area contributed by atoms with Crippen molar-refractivity contribution >= 4 is 11.6 Å². The summed E-state index contributed by atoms with van der Waals surface area (Å²) in [5, 5.41) is 4.08. The lowest BCUT2D eigenvalue weighted by Crippen LogP contribution is -2.19. The Morgan fingerprint density at radius 3 is 2.75 bits per heavy atom. The van der Waals surface area contributed by atoms with Crippen molar-refractivity contribution in [3.8, 4) is 5.88 Å². The van der Waals surface area contributed by atoms with Crippen molar-refractivity contribution in [2.24, 2.45) is 11.8 Å². The van der Waals surface area contributed by atoms with Crippen LogP contribution in [0.4, 0.5) is 0 Å². The van der Waals surface area contributed by atoms with Gasteiger partial charge < -0.3 is 10.1 Å². The Hall–Kier alpha value is -0.800. The van der Waals surface area contributed by atoms with E-state index in [1.807, 2.05) is 6.07 Å². The molecule has 0 amide bonds. The molecule has 0 fully saturated rings. The van der Waals surface area contributed by atoms with Gasteiger partial charge in [0.25, 0.3) is 0 Å². The molecule has 1 atom stereocenters. The minimum atomic E-state index is 0.556. The highest BCUT2D eigenvalue weighted by Crippen LogP contribution is 2.20. The van der Waals surface area contributed by atoms with Crippen LogP contribution in [-0.4, -0.2) is 18.1 Å². The second-order valence-corrected chi connectivity index (χ2v) is 6.25. The van der Waals surface area contributed by atoms with Gasteiger partial charge >= 0.3 is 0 Å². The van der Waals surface area contributed by atoms with Gasteiger partial charge in [0.15, 0.2) is 0 Å². The van der Waals surface area contributed by atoms with Gasteiger partial charge in [-0.15, -0.1) is 0 Å². The summed E-state index contributed by atoms with van der Waals surface area (Å²) in [6, 6.07) is 1.94. The average molecular weight is 299 g/mol. The maximum Gasteiger partial charge on any atom is 0.213 e. The molecule has 1 unspecified atom stereocenters. The fourth-order valence-corrected chi connectivity index (χ4v) is 2.14. The molecule has 0 radical (unpaired) electrons. The lowest BCUT2D eigenvalue weighted by molar-refractivity contribution is 0.243. The van der Waals surface area contributed by atoms with Gasteiger partial charge in [-0.3, -0.25) is 0 Å². The van der Waals surface area contributed by atoms with Crippen LogP contribution >= 0.6 is 11.6 Å². The maximum atomic E-state index is 6.17. The molecule has 1 heterocycles. The van der Waals surface area contributed by atoms with Crippen LogP contribution in [0.5, 0.6) is 5.88 Å². The zero-order chi connectivity index (χ0) is 15.0. The summed E-state index contributed by atoms with van der Waals surface area (Å²) in [5.74, 6) is 1.85. The topological polar surface area (TPSA) is 34.1 Å². The highest BCUT2D eigenvalue weighted by Gasteiger charge is 2.07. The summed E-state index contributed by atoms with van der Waals surface area (Å²) in [6.07, 6.45) is 4.03. The number of aromatic nitrogens is 1. The van der Waals surface area contributed by atoms with Crippen molar-refractivity contribution < 1.29 is 4.74 Å².